The van der Waals surface area contributed by atoms with Crippen molar-refractivity contribution in [2.45, 2.75) is 172 Å². The third kappa shape index (κ3) is 18.6. The lowest BCUT2D eigenvalue weighted by Gasteiger charge is -2.39. The first-order valence-electron chi connectivity index (χ1n) is 46.2. The fourth-order valence-electron chi connectivity index (χ4n) is 21.5. The van der Waals surface area contributed by atoms with Gasteiger partial charge in [-0.15, -0.1) is 0 Å². The number of hydrogen-bond acceptors (Lipinski definition) is 20. The lowest BCUT2D eigenvalue weighted by atomic mass is 9.89. The molecule has 20 heterocycles. The van der Waals surface area contributed by atoms with Crippen LogP contribution < -0.4 is 14.7 Å². The molecule has 12 aromatic heterocycles. The summed E-state index contributed by atoms with van der Waals surface area (Å²) in [5, 5.41) is 0. The number of halogens is 3. The van der Waals surface area contributed by atoms with Gasteiger partial charge in [-0.05, 0) is 276 Å². The second-order valence-corrected chi connectivity index (χ2v) is 37.1. The number of aromatic nitrogens is 12. The molecular formula is C99H130F3N23O. The number of piperazine rings is 3. The molecule has 8 aliphatic heterocycles. The summed E-state index contributed by atoms with van der Waals surface area (Å²) in [6.07, 6.45) is 31.7. The van der Waals surface area contributed by atoms with Crippen molar-refractivity contribution in [1.82, 2.24) is 96.7 Å². The Hall–Kier alpha value is -9.81. The maximum absolute atomic E-state index is 14.9. The molecule has 9 atom stereocenters. The van der Waals surface area contributed by atoms with Crippen LogP contribution in [0.3, 0.4) is 0 Å². The van der Waals surface area contributed by atoms with Gasteiger partial charge in [0.2, 0.25) is 0 Å². The Balaban J connectivity index is 0.000000119. The van der Waals surface area contributed by atoms with Gasteiger partial charge in [0.1, 0.15) is 40.5 Å². The van der Waals surface area contributed by atoms with Crippen LogP contribution in [0.2, 0.25) is 0 Å². The molecule has 0 saturated carbocycles. The van der Waals surface area contributed by atoms with Crippen LogP contribution >= 0.6 is 0 Å². The van der Waals surface area contributed by atoms with Crippen molar-refractivity contribution in [2.75, 3.05) is 170 Å². The highest BCUT2D eigenvalue weighted by Gasteiger charge is 2.40. The Bertz CT molecular complexity index is 5610. The normalized spacial score (nSPS) is 23.8. The van der Waals surface area contributed by atoms with Crippen molar-refractivity contribution < 1.29 is 17.9 Å². The average molecular weight is 1720 g/mol. The van der Waals surface area contributed by atoms with Crippen LogP contribution in [0.15, 0.2) is 153 Å². The van der Waals surface area contributed by atoms with Crippen LogP contribution in [0.1, 0.15) is 218 Å². The van der Waals surface area contributed by atoms with E-state index in [9.17, 15) is 13.2 Å². The van der Waals surface area contributed by atoms with Gasteiger partial charge in [0.25, 0.3) is 0 Å². The number of likely N-dealkylation sites (tertiary alicyclic amines) is 5. The molecule has 0 radical (unpaired) electrons. The monoisotopic (exact) mass is 1710 g/mol. The van der Waals surface area contributed by atoms with E-state index in [1.807, 2.05) is 71.0 Å². The molecule has 27 heteroatoms. The molecule has 0 amide bonds. The molecule has 8 fully saturated rings. The maximum atomic E-state index is 14.9. The van der Waals surface area contributed by atoms with Crippen molar-refractivity contribution in [3.8, 4) is 0 Å². The van der Waals surface area contributed by atoms with Gasteiger partial charge in [-0.1, -0.05) is 30.3 Å². The fraction of sp³-hybridized carbons (Fsp3) is 0.515. The summed E-state index contributed by atoms with van der Waals surface area (Å²) in [6.45, 7) is 22.0. The molecule has 126 heavy (non-hydrogen) atoms. The number of methoxy groups -OCH3 is 1. The Morgan fingerprint density at radius 1 is 0.333 bits per heavy atom. The highest BCUT2D eigenvalue weighted by atomic mass is 19.1. The maximum Gasteiger partial charge on any atom is 0.175 e. The molecule has 12 aromatic rings. The number of piperidine rings is 5. The van der Waals surface area contributed by atoms with Crippen LogP contribution in [-0.4, -0.2) is 252 Å². The second kappa shape index (κ2) is 39.0. The van der Waals surface area contributed by atoms with Gasteiger partial charge in [-0.3, -0.25) is 52.7 Å². The Morgan fingerprint density at radius 2 is 0.706 bits per heavy atom. The largest absolute Gasteiger partial charge is 0.375 e. The minimum atomic E-state index is -0.264. The number of ether oxygens (including phenoxy) is 1. The topological polar surface area (TPSA) is 166 Å². The molecule has 0 spiro atoms. The summed E-state index contributed by atoms with van der Waals surface area (Å²) >= 11 is 0. The molecule has 0 unspecified atom stereocenters. The van der Waals surface area contributed by atoms with E-state index in [1.54, 1.807) is 30.3 Å². The minimum absolute atomic E-state index is 0.0949. The number of pyridine rings is 8. The van der Waals surface area contributed by atoms with E-state index in [2.05, 4.69) is 229 Å². The van der Waals surface area contributed by atoms with E-state index in [1.165, 1.54) is 52.9 Å². The molecule has 20 rings (SSSR count). The number of rotatable bonds is 14. The van der Waals surface area contributed by atoms with Gasteiger partial charge >= 0.3 is 0 Å². The molecular weight excluding hydrogens is 1580 g/mol. The predicted octanol–water partition coefficient (Wildman–Crippen LogP) is 16.4. The quantitative estimate of drug-likeness (QED) is 0.101. The Morgan fingerprint density at radius 3 is 1.15 bits per heavy atom. The third-order valence-corrected chi connectivity index (χ3v) is 29.0. The summed E-state index contributed by atoms with van der Waals surface area (Å²) in [5.41, 5.74) is 17.9. The van der Waals surface area contributed by atoms with E-state index >= 15 is 0 Å². The fourth-order valence-corrected chi connectivity index (χ4v) is 21.5. The third-order valence-electron chi connectivity index (χ3n) is 29.0. The summed E-state index contributed by atoms with van der Waals surface area (Å²) in [5.74, 6) is 2.44. The van der Waals surface area contributed by atoms with Crippen molar-refractivity contribution in [1.29, 1.82) is 0 Å². The zero-order valence-corrected chi connectivity index (χ0v) is 76.3. The first-order valence-corrected chi connectivity index (χ1v) is 46.2. The number of fused-ring (bicyclic) bond motifs is 4. The summed E-state index contributed by atoms with van der Waals surface area (Å²) in [6, 6.07) is 35.0. The first kappa shape index (κ1) is 88.2. The number of nitrogens with zero attached hydrogens (tertiary/aromatic N) is 23. The van der Waals surface area contributed by atoms with Crippen molar-refractivity contribution in [2.24, 2.45) is 5.92 Å². The zero-order chi connectivity index (χ0) is 87.6. The number of imidazole rings is 4. The number of anilines is 3. The summed E-state index contributed by atoms with van der Waals surface area (Å²) in [7, 11) is 19.2. The Labute approximate surface area is 742 Å². The smallest absolute Gasteiger partial charge is 0.175 e. The molecule has 8 saturated heterocycles. The highest BCUT2D eigenvalue weighted by Crippen LogP contribution is 2.47. The summed E-state index contributed by atoms with van der Waals surface area (Å²) < 4.78 is 58.5. The van der Waals surface area contributed by atoms with E-state index in [4.69, 9.17) is 29.7 Å². The minimum Gasteiger partial charge on any atom is -0.375 e. The van der Waals surface area contributed by atoms with Gasteiger partial charge in [-0.25, -0.2) is 33.1 Å². The van der Waals surface area contributed by atoms with Gasteiger partial charge in [0.05, 0.1) is 99.6 Å². The van der Waals surface area contributed by atoms with E-state index in [0.717, 1.165) is 225 Å². The molecule has 0 aliphatic carbocycles. The Kier molecular flexibility index (Phi) is 27.3. The highest BCUT2D eigenvalue weighted by molar-refractivity contribution is 5.57. The van der Waals surface area contributed by atoms with Gasteiger partial charge in [-0.2, -0.15) is 0 Å². The van der Waals surface area contributed by atoms with Crippen molar-refractivity contribution in [3.63, 3.8) is 0 Å². The molecule has 668 valence electrons. The van der Waals surface area contributed by atoms with Gasteiger partial charge in [0.15, 0.2) is 23.1 Å². The van der Waals surface area contributed by atoms with Crippen LogP contribution in [0, 0.1) is 51.1 Å². The van der Waals surface area contributed by atoms with Gasteiger partial charge in [0, 0.05) is 147 Å². The number of aryl methyl sites for hydroxylation is 4. The molecule has 0 bridgehead atoms. The number of likely N-dealkylation sites (N-methyl/N-ethyl adjacent to an activating group) is 3. The lowest BCUT2D eigenvalue weighted by Crippen LogP contribution is -2.45. The molecule has 0 aromatic carbocycles. The molecule has 24 nitrogen and oxygen atoms in total. The summed E-state index contributed by atoms with van der Waals surface area (Å²) in [4.78, 5) is 64.3. The van der Waals surface area contributed by atoms with E-state index in [0.29, 0.717) is 35.1 Å². The standard InChI is InChI=1S/C27H37N5O.3C24H31FN6/c1-19-8-7-15-28-26(19)23-10-5-9-22(31(23)3)21-18-32-24(11-6-12-25(32)29-21)27(33-4)20-13-16-30(2)17-14-20;1-17-6-5-11-26-23(17)21-8-4-7-20(29(21)3)19-16-31-22(10-9-18(25)24(31)27-19)30-14-12-28(2)13-15-30;1-17-6-5-11-26-23(17)21-8-4-7-20(29(21)3)19-16-31-22(27-19)10-9-18(25)24(31)30-14-12-28(2)13-15-30;1-17-6-5-9-26-24(17)21-8-4-7-20(29(21)3)19-16-31-22(27-19)14-18(25)15-23(31)30-12-10-28(2)11-13-30/h6-8,11-12,15,18,20,22-23,27H,5,9-10,13-14,16-17H2,1-4H3;2*5-6,9-11,16,20-21H,4,7-8,12-15H2,1-3H3;5-6,9,14-16,20-21H,4,7-8,10-13H2,1-3H3/t22-,23+,27-;3*20-,21+/m1111/s1. The van der Waals surface area contributed by atoms with Crippen molar-refractivity contribution in [3.05, 3.63) is 244 Å². The van der Waals surface area contributed by atoms with Crippen LogP contribution in [0.25, 0.3) is 22.6 Å². The van der Waals surface area contributed by atoms with Crippen LogP contribution in [-0.2, 0) is 4.74 Å². The zero-order valence-electron chi connectivity index (χ0n) is 76.3. The van der Waals surface area contributed by atoms with E-state index < -0.39 is 0 Å². The van der Waals surface area contributed by atoms with E-state index in [-0.39, 0.29) is 59.8 Å². The lowest BCUT2D eigenvalue weighted by molar-refractivity contribution is 0.0205. The molecule has 0 N–H and O–H groups in total. The van der Waals surface area contributed by atoms with Crippen LogP contribution in [0.5, 0.6) is 0 Å². The first-order chi connectivity index (χ1) is 61.1. The predicted molar refractivity (Wildman–Crippen MR) is 494 cm³/mol. The second-order valence-electron chi connectivity index (χ2n) is 37.1. The van der Waals surface area contributed by atoms with Crippen LogP contribution in [0.4, 0.5) is 30.6 Å². The van der Waals surface area contributed by atoms with Crippen molar-refractivity contribution >= 4 is 40.0 Å². The average Bonchev–Trinajstić information content (AvgIpc) is 1.63. The number of hydrogen-bond donors (Lipinski definition) is 0. The SMILES string of the molecule is CO[C@@H](c1cccc2nc([C@H]3CCC[C@@H](c4ncccc4C)N3C)cn12)C1CCN(C)CC1.Cc1cccnc1[C@@H]1CCC[C@H](c2cn3c(N4CCN(C)CC4)c(F)ccc3n2)N1C.Cc1cccnc1[C@@H]1CCC[C@H](c2cn3c(N4CCN(C)CC4)cc(F)cc3n2)N1C.Cc1cccnc1[C@@H]1CCC[C@H](c2cn3c(N4CCN(C)CC4)ccc(F)c3n2)N1C. The van der Waals surface area contributed by atoms with Gasteiger partial charge < -0.3 is 43.4 Å². The molecule has 8 aliphatic rings.